The first-order valence-electron chi connectivity index (χ1n) is 6.86. The van der Waals surface area contributed by atoms with Crippen molar-refractivity contribution in [3.05, 3.63) is 63.9 Å². The number of ether oxygens (including phenoxy) is 1. The predicted octanol–water partition coefficient (Wildman–Crippen LogP) is 3.89. The smallest absolute Gasteiger partial charge is 0.341 e. The number of hydrogen-bond donors (Lipinski definition) is 1. The molecule has 1 amide bonds. The lowest BCUT2D eigenvalue weighted by atomic mass is 10.1. The first-order valence-corrected chi connectivity index (χ1v) is 7.24. The highest BCUT2D eigenvalue weighted by molar-refractivity contribution is 6.30. The van der Waals surface area contributed by atoms with Crippen molar-refractivity contribution in [1.82, 2.24) is 0 Å². The highest BCUT2D eigenvalue weighted by Gasteiger charge is 2.15. The lowest BCUT2D eigenvalue weighted by Gasteiger charge is -2.10. The zero-order valence-corrected chi connectivity index (χ0v) is 13.4. The number of amides is 1. The van der Waals surface area contributed by atoms with Gasteiger partial charge in [0.05, 0.1) is 5.56 Å². The van der Waals surface area contributed by atoms with Crippen LogP contribution in [0.5, 0.6) is 0 Å². The summed E-state index contributed by atoms with van der Waals surface area (Å²) in [6.07, 6.45) is 0. The Bertz CT molecular complexity index is 761. The molecule has 0 aliphatic heterocycles. The molecule has 0 spiro atoms. The number of anilines is 1. The van der Waals surface area contributed by atoms with Gasteiger partial charge in [-0.05, 0) is 43.7 Å². The Kier molecular flexibility index (Phi) is 5.34. The fraction of sp³-hybridized carbons (Fsp3) is 0.176. The summed E-state index contributed by atoms with van der Waals surface area (Å²) < 4.78 is 18.3. The molecule has 2 rings (SSSR count). The van der Waals surface area contributed by atoms with Crippen molar-refractivity contribution in [3.8, 4) is 0 Å². The Balaban J connectivity index is 1.96. The van der Waals surface area contributed by atoms with Crippen LogP contribution in [0.15, 0.2) is 36.4 Å². The van der Waals surface area contributed by atoms with E-state index in [0.717, 1.165) is 23.3 Å². The molecule has 0 aliphatic rings. The summed E-state index contributed by atoms with van der Waals surface area (Å²) in [5.41, 5.74) is 2.29. The number of carbonyl (C=O) groups is 2. The van der Waals surface area contributed by atoms with E-state index in [2.05, 4.69) is 5.32 Å². The number of hydrogen-bond acceptors (Lipinski definition) is 3. The molecule has 0 fully saturated rings. The molecule has 0 saturated carbocycles. The van der Waals surface area contributed by atoms with Gasteiger partial charge in [0.2, 0.25) is 0 Å². The molecule has 0 atom stereocenters. The molecule has 0 bridgehead atoms. The number of halogens is 2. The van der Waals surface area contributed by atoms with Crippen LogP contribution in [-0.2, 0) is 9.53 Å². The van der Waals surface area contributed by atoms with Crippen LogP contribution in [0, 0.1) is 19.7 Å². The first-order chi connectivity index (χ1) is 10.9. The van der Waals surface area contributed by atoms with Crippen molar-refractivity contribution in [2.75, 3.05) is 11.9 Å². The second kappa shape index (κ2) is 7.24. The van der Waals surface area contributed by atoms with Crippen LogP contribution in [0.4, 0.5) is 10.1 Å². The Hall–Kier alpha value is -2.40. The molecule has 2 aromatic carbocycles. The van der Waals surface area contributed by atoms with Gasteiger partial charge in [-0.25, -0.2) is 9.18 Å². The second-order valence-corrected chi connectivity index (χ2v) is 5.50. The number of aryl methyl sites for hydroxylation is 2. The first kappa shape index (κ1) is 17.0. The maximum atomic E-state index is 13.5. The minimum absolute atomic E-state index is 0.207. The molecule has 1 N–H and O–H groups in total. The van der Waals surface area contributed by atoms with Crippen molar-refractivity contribution in [3.63, 3.8) is 0 Å². The third-order valence-electron chi connectivity index (χ3n) is 3.14. The van der Waals surface area contributed by atoms with Crippen LogP contribution in [0.1, 0.15) is 21.5 Å². The fourth-order valence-electron chi connectivity index (χ4n) is 2.00. The molecule has 0 aromatic heterocycles. The Morgan fingerprint density at radius 2 is 1.91 bits per heavy atom. The van der Waals surface area contributed by atoms with Gasteiger partial charge >= 0.3 is 5.97 Å². The molecular formula is C17H15ClFNO3. The van der Waals surface area contributed by atoms with Gasteiger partial charge in [-0.2, -0.15) is 0 Å². The third kappa shape index (κ3) is 4.53. The molecule has 4 nitrogen and oxygen atoms in total. The van der Waals surface area contributed by atoms with E-state index < -0.39 is 24.3 Å². The van der Waals surface area contributed by atoms with Crippen LogP contribution in [0.25, 0.3) is 0 Å². The average molecular weight is 336 g/mol. The standard InChI is InChI=1S/C17H15ClFNO3/c1-10-3-6-15(11(2)7-10)20-16(21)9-23-17(22)13-8-12(18)4-5-14(13)19/h3-8H,9H2,1-2H3,(H,20,21). The van der Waals surface area contributed by atoms with Gasteiger partial charge in [0.25, 0.3) is 5.91 Å². The van der Waals surface area contributed by atoms with Gasteiger partial charge in [-0.1, -0.05) is 29.3 Å². The molecule has 0 aliphatic carbocycles. The van der Waals surface area contributed by atoms with E-state index >= 15 is 0 Å². The summed E-state index contributed by atoms with van der Waals surface area (Å²) in [5, 5.41) is 2.84. The SMILES string of the molecule is Cc1ccc(NC(=O)COC(=O)c2cc(Cl)ccc2F)c(C)c1. The Labute approximate surface area is 138 Å². The second-order valence-electron chi connectivity index (χ2n) is 5.07. The van der Waals surface area contributed by atoms with Gasteiger partial charge in [0, 0.05) is 10.7 Å². The van der Waals surface area contributed by atoms with Crippen LogP contribution < -0.4 is 5.32 Å². The number of nitrogens with one attached hydrogen (secondary N) is 1. The van der Waals surface area contributed by atoms with Gasteiger partial charge in [0.1, 0.15) is 5.82 Å². The van der Waals surface area contributed by atoms with Crippen LogP contribution in [0.2, 0.25) is 5.02 Å². The maximum absolute atomic E-state index is 13.5. The zero-order valence-electron chi connectivity index (χ0n) is 12.7. The monoisotopic (exact) mass is 335 g/mol. The summed E-state index contributed by atoms with van der Waals surface area (Å²) in [7, 11) is 0. The molecule has 23 heavy (non-hydrogen) atoms. The topological polar surface area (TPSA) is 55.4 Å². The normalized spacial score (nSPS) is 10.3. The molecule has 2 aromatic rings. The molecule has 0 unspecified atom stereocenters. The summed E-state index contributed by atoms with van der Waals surface area (Å²) in [6.45, 7) is 3.29. The fourth-order valence-corrected chi connectivity index (χ4v) is 2.18. The van der Waals surface area contributed by atoms with Gasteiger partial charge in [-0.3, -0.25) is 4.79 Å². The minimum atomic E-state index is -0.944. The van der Waals surface area contributed by atoms with Crippen LogP contribution in [0.3, 0.4) is 0 Å². The van der Waals surface area contributed by atoms with Crippen molar-refractivity contribution in [1.29, 1.82) is 0 Å². The quantitative estimate of drug-likeness (QED) is 0.862. The van der Waals surface area contributed by atoms with Crippen molar-refractivity contribution < 1.29 is 18.7 Å². The number of rotatable bonds is 4. The Morgan fingerprint density at radius 1 is 1.17 bits per heavy atom. The van der Waals surface area contributed by atoms with Gasteiger partial charge in [0.15, 0.2) is 6.61 Å². The zero-order chi connectivity index (χ0) is 17.0. The van der Waals surface area contributed by atoms with E-state index in [1.165, 1.54) is 6.07 Å². The summed E-state index contributed by atoms with van der Waals surface area (Å²) in [5.74, 6) is -2.21. The molecule has 6 heteroatoms. The highest BCUT2D eigenvalue weighted by Crippen LogP contribution is 2.17. The minimum Gasteiger partial charge on any atom is -0.452 e. The van der Waals surface area contributed by atoms with Crippen molar-refractivity contribution in [2.45, 2.75) is 13.8 Å². The number of carbonyl (C=O) groups excluding carboxylic acids is 2. The van der Waals surface area contributed by atoms with E-state index in [0.29, 0.717) is 5.69 Å². The Morgan fingerprint density at radius 3 is 2.61 bits per heavy atom. The summed E-state index contributed by atoms with van der Waals surface area (Å²) in [6, 6.07) is 9.08. The largest absolute Gasteiger partial charge is 0.452 e. The third-order valence-corrected chi connectivity index (χ3v) is 3.37. The molecular weight excluding hydrogens is 321 g/mol. The highest BCUT2D eigenvalue weighted by atomic mass is 35.5. The van der Waals surface area contributed by atoms with Gasteiger partial charge < -0.3 is 10.1 Å². The predicted molar refractivity (Wildman–Crippen MR) is 86.2 cm³/mol. The van der Waals surface area contributed by atoms with Crippen molar-refractivity contribution >= 4 is 29.2 Å². The van der Waals surface area contributed by atoms with Crippen molar-refractivity contribution in [2.24, 2.45) is 0 Å². The summed E-state index contributed by atoms with van der Waals surface area (Å²) in [4.78, 5) is 23.6. The van der Waals surface area contributed by atoms with E-state index in [1.54, 1.807) is 6.07 Å². The van der Waals surface area contributed by atoms with E-state index in [4.69, 9.17) is 16.3 Å². The molecule has 0 heterocycles. The average Bonchev–Trinajstić information content (AvgIpc) is 2.50. The number of esters is 1. The molecule has 120 valence electrons. The van der Waals surface area contributed by atoms with Crippen LogP contribution >= 0.6 is 11.6 Å². The number of benzene rings is 2. The van der Waals surface area contributed by atoms with Gasteiger partial charge in [-0.15, -0.1) is 0 Å². The van der Waals surface area contributed by atoms with Crippen LogP contribution in [-0.4, -0.2) is 18.5 Å². The molecule has 0 saturated heterocycles. The lowest BCUT2D eigenvalue weighted by molar-refractivity contribution is -0.119. The maximum Gasteiger partial charge on any atom is 0.341 e. The van der Waals surface area contributed by atoms with E-state index in [1.807, 2.05) is 26.0 Å². The van der Waals surface area contributed by atoms with E-state index in [-0.39, 0.29) is 10.6 Å². The van der Waals surface area contributed by atoms with E-state index in [9.17, 15) is 14.0 Å². The lowest BCUT2D eigenvalue weighted by Crippen LogP contribution is -2.21. The summed E-state index contributed by atoms with van der Waals surface area (Å²) >= 11 is 5.71. The molecule has 0 radical (unpaired) electrons.